The summed E-state index contributed by atoms with van der Waals surface area (Å²) in [6, 6.07) is 6.98. The van der Waals surface area contributed by atoms with Gasteiger partial charge in [0.2, 0.25) is 11.5 Å². The molecule has 0 saturated carbocycles. The van der Waals surface area contributed by atoms with E-state index in [4.69, 9.17) is 16.3 Å². The lowest BCUT2D eigenvalue weighted by Crippen LogP contribution is -2.18. The second-order valence-electron chi connectivity index (χ2n) is 7.87. The van der Waals surface area contributed by atoms with Crippen molar-refractivity contribution >= 4 is 33.1 Å². The van der Waals surface area contributed by atoms with Crippen molar-refractivity contribution < 1.29 is 17.5 Å². The summed E-state index contributed by atoms with van der Waals surface area (Å²) in [4.78, 5) is 16.8. The average molecular weight is 530 g/mol. The minimum atomic E-state index is -4.14. The van der Waals surface area contributed by atoms with Crippen LogP contribution in [-0.4, -0.2) is 48.1 Å². The summed E-state index contributed by atoms with van der Waals surface area (Å²) >= 11 is 5.95. The predicted molar refractivity (Wildman–Crippen MR) is 133 cm³/mol. The van der Waals surface area contributed by atoms with E-state index in [2.05, 4.69) is 30.0 Å². The molecule has 2 N–H and O–H groups in total. The van der Waals surface area contributed by atoms with Crippen LogP contribution in [-0.2, 0) is 16.6 Å². The minimum absolute atomic E-state index is 0.114. The van der Waals surface area contributed by atoms with Crippen molar-refractivity contribution in [3.8, 4) is 28.4 Å². The molecule has 3 aliphatic rings. The molecule has 10 nitrogen and oxygen atoms in total. The molecule has 3 aliphatic heterocycles. The molecule has 0 atom stereocenters. The van der Waals surface area contributed by atoms with Gasteiger partial charge in [-0.05, 0) is 37.3 Å². The van der Waals surface area contributed by atoms with Gasteiger partial charge in [0.1, 0.15) is 17.5 Å². The largest absolute Gasteiger partial charge is 0.480 e. The maximum atomic E-state index is 15.1. The quantitative estimate of drug-likeness (QED) is 0.392. The van der Waals surface area contributed by atoms with E-state index >= 15 is 4.39 Å². The standard InChI is InChI=1S/C23H21ClFN7O3S/c1-3-26-23-29-11-13-8-17(21-27-6-7-32(21)20(13)30-23)16-10-15(4-5-18(16)25)31-36(33,34)19-9-14(24)12-28-22(19)35-2/h4-5,8-12,27,31H,3,6-7H2,1-2H3. The molecule has 0 bridgehead atoms. The van der Waals surface area contributed by atoms with Gasteiger partial charge in [0.05, 0.1) is 12.1 Å². The van der Waals surface area contributed by atoms with Crippen LogP contribution in [0.15, 0.2) is 52.6 Å². The van der Waals surface area contributed by atoms with Crippen LogP contribution in [0.25, 0.3) is 22.5 Å². The molecule has 5 rings (SSSR count). The molecular weight excluding hydrogens is 509 g/mol. The number of aromatic nitrogens is 4. The van der Waals surface area contributed by atoms with Gasteiger partial charge in [-0.2, -0.15) is 4.98 Å². The van der Waals surface area contributed by atoms with Crippen molar-refractivity contribution in [1.29, 1.82) is 0 Å². The summed E-state index contributed by atoms with van der Waals surface area (Å²) in [5, 5.41) is 3.41. The van der Waals surface area contributed by atoms with Crippen LogP contribution in [0, 0.1) is 5.82 Å². The Bertz CT molecular complexity index is 1620. The summed E-state index contributed by atoms with van der Waals surface area (Å²) in [6.07, 6.45) is 2.93. The number of nitrogens with zero attached hydrogens (tertiary/aromatic N) is 5. The Morgan fingerprint density at radius 2 is 2.06 bits per heavy atom. The normalized spacial score (nSPS) is 13.5. The first-order chi connectivity index (χ1) is 17.3. The van der Waals surface area contributed by atoms with E-state index in [0.29, 0.717) is 48.0 Å². The highest BCUT2D eigenvalue weighted by atomic mass is 35.5. The number of hydrogen-bond acceptors (Lipinski definition) is 8. The summed E-state index contributed by atoms with van der Waals surface area (Å²) in [5.74, 6) is 0.715. The Kier molecular flexibility index (Phi) is 6.22. The fourth-order valence-electron chi connectivity index (χ4n) is 4.04. The molecule has 0 amide bonds. The fourth-order valence-corrected chi connectivity index (χ4v) is 5.46. The summed E-state index contributed by atoms with van der Waals surface area (Å²) in [6.45, 7) is 3.71. The Morgan fingerprint density at radius 1 is 1.22 bits per heavy atom. The van der Waals surface area contributed by atoms with Gasteiger partial charge in [-0.3, -0.25) is 4.72 Å². The number of anilines is 2. The monoisotopic (exact) mass is 529 g/mol. The number of benzene rings is 1. The number of nitrogens with one attached hydrogen (secondary N) is 2. The van der Waals surface area contributed by atoms with Gasteiger partial charge in [0, 0.05) is 54.4 Å². The van der Waals surface area contributed by atoms with Gasteiger partial charge in [-0.1, -0.05) is 11.6 Å². The molecule has 0 aliphatic carbocycles. The Balaban J connectivity index is 1.61. The van der Waals surface area contributed by atoms with Crippen LogP contribution < -0.4 is 20.4 Å². The van der Waals surface area contributed by atoms with Gasteiger partial charge >= 0.3 is 0 Å². The molecule has 36 heavy (non-hydrogen) atoms. The van der Waals surface area contributed by atoms with Crippen molar-refractivity contribution in [3.63, 3.8) is 0 Å². The minimum Gasteiger partial charge on any atom is -0.480 e. The molecule has 0 fully saturated rings. The van der Waals surface area contributed by atoms with E-state index in [1.165, 1.54) is 37.6 Å². The van der Waals surface area contributed by atoms with Crippen molar-refractivity contribution in [2.45, 2.75) is 18.4 Å². The summed E-state index contributed by atoms with van der Waals surface area (Å²) in [5.41, 5.74) is 1.98. The van der Waals surface area contributed by atoms with Crippen LogP contribution in [0.1, 0.15) is 6.92 Å². The second kappa shape index (κ2) is 9.36. The van der Waals surface area contributed by atoms with Gasteiger partial charge in [-0.25, -0.2) is 27.8 Å². The number of ether oxygens (including phenoxy) is 1. The topological polar surface area (TPSA) is 123 Å². The van der Waals surface area contributed by atoms with Crippen molar-refractivity contribution in [2.75, 3.05) is 30.2 Å². The fraction of sp³-hybridized carbons (Fsp3) is 0.217. The number of sulfonamides is 1. The van der Waals surface area contributed by atoms with Crippen molar-refractivity contribution in [3.05, 3.63) is 59.2 Å². The molecule has 0 spiro atoms. The maximum absolute atomic E-state index is 15.1. The summed E-state index contributed by atoms with van der Waals surface area (Å²) in [7, 11) is -2.84. The zero-order chi connectivity index (χ0) is 25.4. The third-order valence-corrected chi connectivity index (χ3v) is 7.15. The second-order valence-corrected chi connectivity index (χ2v) is 9.96. The first kappa shape index (κ1) is 23.9. The third-order valence-electron chi connectivity index (χ3n) is 5.57. The third kappa shape index (κ3) is 4.33. The van der Waals surface area contributed by atoms with E-state index in [-0.39, 0.29) is 27.0 Å². The molecule has 1 aromatic heterocycles. The molecule has 0 radical (unpaired) electrons. The van der Waals surface area contributed by atoms with Crippen molar-refractivity contribution in [2.24, 2.45) is 4.99 Å². The molecule has 186 valence electrons. The highest BCUT2D eigenvalue weighted by Gasteiger charge is 2.25. The van der Waals surface area contributed by atoms with Crippen LogP contribution in [0.2, 0.25) is 5.02 Å². The van der Waals surface area contributed by atoms with E-state index in [1.807, 2.05) is 11.5 Å². The lowest BCUT2D eigenvalue weighted by atomic mass is 10.0. The number of halogens is 2. The highest BCUT2D eigenvalue weighted by Crippen LogP contribution is 2.39. The van der Waals surface area contributed by atoms with Crippen LogP contribution in [0.3, 0.4) is 0 Å². The zero-order valence-corrected chi connectivity index (χ0v) is 20.9. The van der Waals surface area contributed by atoms with Gasteiger partial charge < -0.3 is 14.6 Å². The van der Waals surface area contributed by atoms with E-state index in [9.17, 15) is 8.42 Å². The van der Waals surface area contributed by atoms with Crippen LogP contribution >= 0.6 is 11.6 Å². The van der Waals surface area contributed by atoms with Crippen LogP contribution in [0.5, 0.6) is 5.88 Å². The lowest BCUT2D eigenvalue weighted by Gasteiger charge is -2.18. The van der Waals surface area contributed by atoms with E-state index < -0.39 is 15.8 Å². The summed E-state index contributed by atoms with van der Waals surface area (Å²) < 4.78 is 50.8. The molecule has 0 saturated heterocycles. The average Bonchev–Trinajstić information content (AvgIpc) is 3.35. The number of hydrogen-bond donors (Lipinski definition) is 2. The number of pyridine rings is 2. The molecule has 2 aromatic rings. The first-order valence-corrected chi connectivity index (χ1v) is 12.8. The van der Waals surface area contributed by atoms with Crippen molar-refractivity contribution in [1.82, 2.24) is 19.5 Å². The predicted octanol–water partition coefficient (Wildman–Crippen LogP) is 3.39. The molecular formula is C23H21ClFN7O3S. The lowest BCUT2D eigenvalue weighted by molar-refractivity contribution is 0.385. The number of fused-ring (bicyclic) bond motifs is 3. The highest BCUT2D eigenvalue weighted by molar-refractivity contribution is 7.92. The molecule has 4 heterocycles. The van der Waals surface area contributed by atoms with Gasteiger partial charge in [0.15, 0.2) is 4.90 Å². The van der Waals surface area contributed by atoms with E-state index in [0.717, 1.165) is 0 Å². The number of rotatable bonds is 6. The molecule has 13 heteroatoms. The van der Waals surface area contributed by atoms with Crippen LogP contribution in [0.4, 0.5) is 15.9 Å². The van der Waals surface area contributed by atoms with Gasteiger partial charge in [0.25, 0.3) is 10.0 Å². The maximum Gasteiger partial charge on any atom is 0.267 e. The Hall–Kier alpha value is -3.77. The van der Waals surface area contributed by atoms with Gasteiger partial charge in [-0.15, -0.1) is 0 Å². The zero-order valence-electron chi connectivity index (χ0n) is 19.3. The Labute approximate surface area is 211 Å². The SMILES string of the molecule is CCN=c1ncc2cc(-c3cc(NS(=O)(=O)c4cc(Cl)cnc4OC)ccc3F)c3n(c-2n1)CCN3. The smallest absolute Gasteiger partial charge is 0.267 e. The molecule has 1 aromatic carbocycles. The first-order valence-electron chi connectivity index (χ1n) is 11.0. The Morgan fingerprint density at radius 3 is 2.83 bits per heavy atom. The van der Waals surface area contributed by atoms with E-state index in [1.54, 1.807) is 12.3 Å². The number of methoxy groups -OCH3 is 1. The molecule has 0 unspecified atom stereocenters.